The summed E-state index contributed by atoms with van der Waals surface area (Å²) in [5.41, 5.74) is 3.98. The first kappa shape index (κ1) is 13.4. The minimum Gasteiger partial charge on any atom is -0.454 e. The highest BCUT2D eigenvalue weighted by atomic mass is 32.1. The van der Waals surface area contributed by atoms with Crippen molar-refractivity contribution in [2.24, 2.45) is 0 Å². The number of amides is 1. The summed E-state index contributed by atoms with van der Waals surface area (Å²) < 4.78 is 10.9. The topological polar surface area (TPSA) is 47.6 Å². The maximum Gasteiger partial charge on any atom is 0.231 e. The van der Waals surface area contributed by atoms with Crippen LogP contribution < -0.4 is 14.8 Å². The van der Waals surface area contributed by atoms with Crippen molar-refractivity contribution < 1.29 is 14.3 Å². The van der Waals surface area contributed by atoms with E-state index in [9.17, 15) is 4.79 Å². The highest BCUT2D eigenvalue weighted by Crippen LogP contribution is 2.48. The van der Waals surface area contributed by atoms with Gasteiger partial charge in [0.2, 0.25) is 12.7 Å². The molecule has 4 nitrogen and oxygen atoms in total. The number of carbonyl (C=O) groups excluding carboxylic acids is 1. The smallest absolute Gasteiger partial charge is 0.231 e. The summed E-state index contributed by atoms with van der Waals surface area (Å²) >= 11 is 1.78. The molecule has 0 fully saturated rings. The first-order valence-corrected chi connectivity index (χ1v) is 8.95. The van der Waals surface area contributed by atoms with Crippen molar-refractivity contribution in [2.45, 2.75) is 38.0 Å². The third kappa shape index (κ3) is 2.06. The van der Waals surface area contributed by atoms with Gasteiger partial charge in [-0.3, -0.25) is 4.79 Å². The van der Waals surface area contributed by atoms with E-state index in [1.165, 1.54) is 28.8 Å². The summed E-state index contributed by atoms with van der Waals surface area (Å²) in [6.45, 7) is 0.281. The standard InChI is InChI=1S/C18H17NO3S/c20-16-8-12(10-5-6-13-14(7-10)22-9-21-13)17-11-3-1-2-4-15(11)23-18(17)19-16/h5-7,12H,1-4,8-9H2,(H,19,20)/t12-/m1/s1. The Morgan fingerprint density at radius 2 is 2.00 bits per heavy atom. The number of benzene rings is 1. The van der Waals surface area contributed by atoms with Crippen molar-refractivity contribution in [3.63, 3.8) is 0 Å². The van der Waals surface area contributed by atoms with Crippen LogP contribution in [0.4, 0.5) is 5.00 Å². The van der Waals surface area contributed by atoms with Crippen LogP contribution in [0.15, 0.2) is 18.2 Å². The molecule has 0 bridgehead atoms. The number of hydrogen-bond donors (Lipinski definition) is 1. The van der Waals surface area contributed by atoms with Crippen molar-refractivity contribution in [3.05, 3.63) is 39.8 Å². The van der Waals surface area contributed by atoms with Crippen LogP contribution in [0.3, 0.4) is 0 Å². The van der Waals surface area contributed by atoms with Gasteiger partial charge in [0, 0.05) is 17.2 Å². The molecule has 1 N–H and O–H groups in total. The Hall–Kier alpha value is -2.01. The number of ether oxygens (including phenoxy) is 2. The third-order valence-corrected chi connectivity index (χ3v) is 6.23. The van der Waals surface area contributed by atoms with Crippen molar-refractivity contribution >= 4 is 22.2 Å². The number of thiophene rings is 1. The lowest BCUT2D eigenvalue weighted by Crippen LogP contribution is -2.23. The molecule has 1 atom stereocenters. The van der Waals surface area contributed by atoms with Gasteiger partial charge in [-0.25, -0.2) is 0 Å². The lowest BCUT2D eigenvalue weighted by Gasteiger charge is -2.25. The molecule has 2 aromatic rings. The summed E-state index contributed by atoms with van der Waals surface area (Å²) in [6, 6.07) is 6.08. The second-order valence-electron chi connectivity index (χ2n) is 6.37. The molecule has 0 saturated carbocycles. The van der Waals surface area contributed by atoms with E-state index in [2.05, 4.69) is 11.4 Å². The molecule has 5 heteroatoms. The molecule has 2 aliphatic heterocycles. The van der Waals surface area contributed by atoms with Gasteiger partial charge in [-0.05, 0) is 54.5 Å². The molecule has 118 valence electrons. The second kappa shape index (κ2) is 4.99. The first-order valence-electron chi connectivity index (χ1n) is 8.13. The van der Waals surface area contributed by atoms with E-state index in [1.807, 2.05) is 12.1 Å². The van der Waals surface area contributed by atoms with Crippen LogP contribution in [0.1, 0.15) is 46.7 Å². The summed E-state index contributed by atoms with van der Waals surface area (Å²) in [4.78, 5) is 13.7. The van der Waals surface area contributed by atoms with E-state index < -0.39 is 0 Å². The van der Waals surface area contributed by atoms with Crippen LogP contribution in [-0.2, 0) is 17.6 Å². The maximum atomic E-state index is 12.2. The Kier molecular flexibility index (Phi) is 2.92. The van der Waals surface area contributed by atoms with E-state index >= 15 is 0 Å². The van der Waals surface area contributed by atoms with Crippen LogP contribution in [0.2, 0.25) is 0 Å². The van der Waals surface area contributed by atoms with Gasteiger partial charge < -0.3 is 14.8 Å². The Labute approximate surface area is 138 Å². The number of fused-ring (bicyclic) bond motifs is 4. The molecule has 3 aliphatic rings. The molecule has 1 amide bonds. The lowest BCUT2D eigenvalue weighted by molar-refractivity contribution is -0.116. The van der Waals surface area contributed by atoms with Gasteiger partial charge in [0.25, 0.3) is 0 Å². The minimum absolute atomic E-state index is 0.110. The monoisotopic (exact) mass is 327 g/mol. The zero-order valence-corrected chi connectivity index (χ0v) is 13.5. The molecule has 1 aromatic carbocycles. The number of nitrogens with one attached hydrogen (secondary N) is 1. The van der Waals surface area contributed by atoms with Gasteiger partial charge in [0.15, 0.2) is 11.5 Å². The van der Waals surface area contributed by atoms with Crippen molar-refractivity contribution in [2.75, 3.05) is 12.1 Å². The van der Waals surface area contributed by atoms with Crippen LogP contribution in [0, 0.1) is 0 Å². The van der Waals surface area contributed by atoms with Crippen LogP contribution in [0.5, 0.6) is 11.5 Å². The number of aryl methyl sites for hydroxylation is 1. The number of carbonyl (C=O) groups is 1. The quantitative estimate of drug-likeness (QED) is 0.866. The number of hydrogen-bond acceptors (Lipinski definition) is 4. The molecule has 0 radical (unpaired) electrons. The Bertz CT molecular complexity index is 811. The SMILES string of the molecule is O=C1C[C@H](c2ccc3c(c2)OCO3)c2c(sc3c2CCCC3)N1. The molecule has 23 heavy (non-hydrogen) atoms. The molecular weight excluding hydrogens is 310 g/mol. The average molecular weight is 327 g/mol. The fraction of sp³-hybridized carbons (Fsp3) is 0.389. The number of anilines is 1. The molecule has 5 rings (SSSR count). The molecule has 0 unspecified atom stereocenters. The van der Waals surface area contributed by atoms with E-state index in [4.69, 9.17) is 9.47 Å². The Balaban J connectivity index is 1.64. The largest absolute Gasteiger partial charge is 0.454 e. The van der Waals surface area contributed by atoms with Crippen LogP contribution >= 0.6 is 11.3 Å². The molecule has 3 heterocycles. The predicted octanol–water partition coefficient (Wildman–Crippen LogP) is 3.83. The summed E-state index contributed by atoms with van der Waals surface area (Å²) in [7, 11) is 0. The Morgan fingerprint density at radius 3 is 2.96 bits per heavy atom. The fourth-order valence-electron chi connectivity index (χ4n) is 3.93. The second-order valence-corrected chi connectivity index (χ2v) is 7.48. The molecule has 0 saturated heterocycles. The van der Waals surface area contributed by atoms with E-state index in [1.54, 1.807) is 11.3 Å². The van der Waals surface area contributed by atoms with Gasteiger partial charge in [0.1, 0.15) is 0 Å². The molecule has 1 aromatic heterocycles. The molecular formula is C18H17NO3S. The average Bonchev–Trinajstić information content (AvgIpc) is 3.17. The minimum atomic E-state index is 0.110. The van der Waals surface area contributed by atoms with Gasteiger partial charge in [-0.15, -0.1) is 11.3 Å². The fourth-order valence-corrected chi connectivity index (χ4v) is 5.30. The van der Waals surface area contributed by atoms with E-state index in [-0.39, 0.29) is 18.6 Å². The highest BCUT2D eigenvalue weighted by Gasteiger charge is 2.33. The van der Waals surface area contributed by atoms with Gasteiger partial charge >= 0.3 is 0 Å². The molecule has 0 spiro atoms. The highest BCUT2D eigenvalue weighted by molar-refractivity contribution is 7.16. The van der Waals surface area contributed by atoms with Gasteiger partial charge in [-0.1, -0.05) is 6.07 Å². The van der Waals surface area contributed by atoms with Crippen LogP contribution in [-0.4, -0.2) is 12.7 Å². The molecule has 1 aliphatic carbocycles. The summed E-state index contributed by atoms with van der Waals surface area (Å²) in [5, 5.41) is 4.16. The third-order valence-electron chi connectivity index (χ3n) is 5.00. The first-order chi connectivity index (χ1) is 11.3. The van der Waals surface area contributed by atoms with Gasteiger partial charge in [0.05, 0.1) is 5.00 Å². The zero-order chi connectivity index (χ0) is 15.4. The van der Waals surface area contributed by atoms with E-state index in [0.717, 1.165) is 34.9 Å². The van der Waals surface area contributed by atoms with Crippen molar-refractivity contribution in [1.82, 2.24) is 0 Å². The van der Waals surface area contributed by atoms with Crippen molar-refractivity contribution in [1.29, 1.82) is 0 Å². The Morgan fingerprint density at radius 1 is 1.13 bits per heavy atom. The van der Waals surface area contributed by atoms with Crippen LogP contribution in [0.25, 0.3) is 0 Å². The van der Waals surface area contributed by atoms with Crippen molar-refractivity contribution in [3.8, 4) is 11.5 Å². The lowest BCUT2D eigenvalue weighted by atomic mass is 9.82. The summed E-state index contributed by atoms with van der Waals surface area (Å²) in [5.74, 6) is 1.82. The van der Waals surface area contributed by atoms with Gasteiger partial charge in [-0.2, -0.15) is 0 Å². The zero-order valence-electron chi connectivity index (χ0n) is 12.7. The maximum absolute atomic E-state index is 12.2. The number of rotatable bonds is 1. The summed E-state index contributed by atoms with van der Waals surface area (Å²) in [6.07, 6.45) is 5.30. The predicted molar refractivity (Wildman–Crippen MR) is 88.6 cm³/mol. The normalized spacial score (nSPS) is 21.6. The van der Waals surface area contributed by atoms with E-state index in [0.29, 0.717) is 6.42 Å².